The molecule has 0 fully saturated rings. The second-order valence-corrected chi connectivity index (χ2v) is 7.85. The van der Waals surface area contributed by atoms with Crippen LogP contribution in [0, 0.1) is 11.6 Å². The minimum atomic E-state index is -0.789. The van der Waals surface area contributed by atoms with Crippen molar-refractivity contribution in [3.63, 3.8) is 0 Å². The van der Waals surface area contributed by atoms with Gasteiger partial charge in [0.25, 0.3) is 5.56 Å². The molecule has 0 radical (unpaired) electrons. The lowest BCUT2D eigenvalue weighted by Gasteiger charge is -2.19. The molecular formula is C22H23F2N3O3. The third-order valence-electron chi connectivity index (χ3n) is 4.20. The van der Waals surface area contributed by atoms with E-state index in [0.29, 0.717) is 29.6 Å². The molecule has 0 saturated carbocycles. The number of para-hydroxylation sites is 1. The van der Waals surface area contributed by atoms with E-state index in [1.165, 1.54) is 4.57 Å². The number of ether oxygens (including phenoxy) is 1. The van der Waals surface area contributed by atoms with Crippen LogP contribution in [-0.4, -0.2) is 27.8 Å². The summed E-state index contributed by atoms with van der Waals surface area (Å²) in [6, 6.07) is 9.70. The number of halogens is 2. The lowest BCUT2D eigenvalue weighted by molar-refractivity contribution is 0.0527. The Morgan fingerprint density at radius 3 is 2.47 bits per heavy atom. The molecule has 0 aliphatic heterocycles. The molecule has 1 aromatic heterocycles. The topological polar surface area (TPSA) is 73.2 Å². The van der Waals surface area contributed by atoms with Crippen molar-refractivity contribution in [2.45, 2.75) is 39.2 Å². The highest BCUT2D eigenvalue weighted by Crippen LogP contribution is 2.17. The SMILES string of the molecule is CC(C)(C)OC(=O)NCCCc1nc2ccccc2c(=O)n1-c1cc(F)cc(F)c1. The number of fused-ring (bicyclic) bond motifs is 1. The first-order valence-electron chi connectivity index (χ1n) is 9.58. The molecule has 2 aromatic carbocycles. The van der Waals surface area contributed by atoms with Crippen LogP contribution in [-0.2, 0) is 11.2 Å². The number of carbonyl (C=O) groups is 1. The smallest absolute Gasteiger partial charge is 0.407 e. The summed E-state index contributed by atoms with van der Waals surface area (Å²) in [7, 11) is 0. The fourth-order valence-corrected chi connectivity index (χ4v) is 3.03. The van der Waals surface area contributed by atoms with Crippen LogP contribution in [0.15, 0.2) is 47.3 Å². The Hall–Kier alpha value is -3.29. The van der Waals surface area contributed by atoms with Crippen LogP contribution in [0.5, 0.6) is 0 Å². The van der Waals surface area contributed by atoms with Gasteiger partial charge in [-0.2, -0.15) is 0 Å². The highest BCUT2D eigenvalue weighted by atomic mass is 19.1. The van der Waals surface area contributed by atoms with Gasteiger partial charge in [0.05, 0.1) is 16.6 Å². The van der Waals surface area contributed by atoms with Crippen LogP contribution >= 0.6 is 0 Å². The molecule has 1 N–H and O–H groups in total. The average molecular weight is 415 g/mol. The highest BCUT2D eigenvalue weighted by molar-refractivity contribution is 5.77. The summed E-state index contributed by atoms with van der Waals surface area (Å²) in [6.45, 7) is 5.59. The fourth-order valence-electron chi connectivity index (χ4n) is 3.03. The predicted octanol–water partition coefficient (Wildman–Crippen LogP) is 4.12. The van der Waals surface area contributed by atoms with E-state index in [9.17, 15) is 18.4 Å². The van der Waals surface area contributed by atoms with E-state index in [4.69, 9.17) is 4.74 Å². The van der Waals surface area contributed by atoms with Crippen molar-refractivity contribution in [3.05, 3.63) is 70.3 Å². The molecule has 0 saturated heterocycles. The van der Waals surface area contributed by atoms with Gasteiger partial charge in [-0.25, -0.2) is 18.6 Å². The molecule has 0 aliphatic rings. The zero-order valence-electron chi connectivity index (χ0n) is 17.0. The molecule has 1 amide bonds. The molecule has 0 atom stereocenters. The number of nitrogens with one attached hydrogen (secondary N) is 1. The maximum absolute atomic E-state index is 13.8. The summed E-state index contributed by atoms with van der Waals surface area (Å²) in [5.41, 5.74) is -0.469. The zero-order chi connectivity index (χ0) is 21.9. The van der Waals surface area contributed by atoms with E-state index in [1.807, 2.05) is 0 Å². The van der Waals surface area contributed by atoms with E-state index >= 15 is 0 Å². The van der Waals surface area contributed by atoms with Crippen molar-refractivity contribution < 1.29 is 18.3 Å². The van der Waals surface area contributed by atoms with Crippen LogP contribution in [0.2, 0.25) is 0 Å². The number of aryl methyl sites for hydroxylation is 1. The van der Waals surface area contributed by atoms with Crippen LogP contribution in [0.1, 0.15) is 33.0 Å². The van der Waals surface area contributed by atoms with Crippen molar-refractivity contribution >= 4 is 17.0 Å². The van der Waals surface area contributed by atoms with Gasteiger partial charge in [-0.3, -0.25) is 9.36 Å². The summed E-state index contributed by atoms with van der Waals surface area (Å²) < 4.78 is 34.0. The molecule has 1 heterocycles. The molecule has 0 bridgehead atoms. The van der Waals surface area contributed by atoms with Crippen LogP contribution < -0.4 is 10.9 Å². The van der Waals surface area contributed by atoms with Crippen molar-refractivity contribution in [1.29, 1.82) is 0 Å². The number of hydrogen-bond donors (Lipinski definition) is 1. The maximum atomic E-state index is 13.8. The van der Waals surface area contributed by atoms with Gasteiger partial charge in [-0.15, -0.1) is 0 Å². The normalized spacial score (nSPS) is 11.5. The molecule has 30 heavy (non-hydrogen) atoms. The van der Waals surface area contributed by atoms with Gasteiger partial charge in [0.15, 0.2) is 0 Å². The molecule has 0 unspecified atom stereocenters. The fraction of sp³-hybridized carbons (Fsp3) is 0.318. The van der Waals surface area contributed by atoms with Crippen LogP contribution in [0.3, 0.4) is 0 Å². The van der Waals surface area contributed by atoms with Gasteiger partial charge < -0.3 is 10.1 Å². The van der Waals surface area contributed by atoms with Gasteiger partial charge in [-0.1, -0.05) is 12.1 Å². The van der Waals surface area contributed by atoms with Gasteiger partial charge in [0.1, 0.15) is 23.1 Å². The second kappa shape index (κ2) is 8.61. The Kier molecular flexibility index (Phi) is 6.14. The molecule has 3 rings (SSSR count). The number of rotatable bonds is 5. The van der Waals surface area contributed by atoms with E-state index in [0.717, 1.165) is 18.2 Å². The minimum Gasteiger partial charge on any atom is -0.444 e. The number of hydrogen-bond acceptors (Lipinski definition) is 4. The summed E-state index contributed by atoms with van der Waals surface area (Å²) in [5, 5.41) is 2.99. The standard InChI is InChI=1S/C22H23F2N3O3/c1-22(2,3)30-21(29)25-10-6-9-19-26-18-8-5-4-7-17(18)20(28)27(19)16-12-14(23)11-15(24)13-16/h4-5,7-8,11-13H,6,9-10H2,1-3H3,(H,25,29). The monoisotopic (exact) mass is 415 g/mol. The number of carbonyl (C=O) groups excluding carboxylic acids is 1. The minimum absolute atomic E-state index is 0.0610. The second-order valence-electron chi connectivity index (χ2n) is 7.85. The third kappa shape index (κ3) is 5.20. The van der Waals surface area contributed by atoms with Gasteiger partial charge in [0, 0.05) is 19.0 Å². The Balaban J connectivity index is 1.89. The largest absolute Gasteiger partial charge is 0.444 e. The quantitative estimate of drug-likeness (QED) is 0.636. The summed E-state index contributed by atoms with van der Waals surface area (Å²) in [4.78, 5) is 29.4. The number of aromatic nitrogens is 2. The van der Waals surface area contributed by atoms with Gasteiger partial charge >= 0.3 is 6.09 Å². The van der Waals surface area contributed by atoms with E-state index in [-0.39, 0.29) is 12.2 Å². The maximum Gasteiger partial charge on any atom is 0.407 e. The molecule has 3 aromatic rings. The molecule has 0 spiro atoms. The van der Waals surface area contributed by atoms with Gasteiger partial charge in [-0.05, 0) is 51.5 Å². The first-order chi connectivity index (χ1) is 14.1. The van der Waals surface area contributed by atoms with Crippen molar-refractivity contribution in [3.8, 4) is 5.69 Å². The van der Waals surface area contributed by atoms with Gasteiger partial charge in [0.2, 0.25) is 0 Å². The zero-order valence-corrected chi connectivity index (χ0v) is 17.0. The van der Waals surface area contributed by atoms with Crippen molar-refractivity contribution in [2.24, 2.45) is 0 Å². The third-order valence-corrected chi connectivity index (χ3v) is 4.20. The molecule has 0 aliphatic carbocycles. The van der Waals surface area contributed by atoms with E-state index in [2.05, 4.69) is 10.3 Å². The first kappa shape index (κ1) is 21.4. The number of alkyl carbamates (subject to hydrolysis) is 1. The average Bonchev–Trinajstić information content (AvgIpc) is 2.63. The van der Waals surface area contributed by atoms with E-state index in [1.54, 1.807) is 45.0 Å². The van der Waals surface area contributed by atoms with Crippen LogP contribution in [0.25, 0.3) is 16.6 Å². The van der Waals surface area contributed by atoms with Crippen molar-refractivity contribution in [1.82, 2.24) is 14.9 Å². The Labute approximate surface area is 172 Å². The predicted molar refractivity (Wildman–Crippen MR) is 110 cm³/mol. The Bertz CT molecular complexity index is 1120. The van der Waals surface area contributed by atoms with Crippen molar-refractivity contribution in [2.75, 3.05) is 6.54 Å². The van der Waals surface area contributed by atoms with E-state index < -0.39 is 28.9 Å². The summed E-state index contributed by atoms with van der Waals surface area (Å²) in [5.74, 6) is -1.24. The lowest BCUT2D eigenvalue weighted by atomic mass is 10.2. The number of amides is 1. The highest BCUT2D eigenvalue weighted by Gasteiger charge is 2.17. The Morgan fingerprint density at radius 2 is 1.80 bits per heavy atom. The summed E-state index contributed by atoms with van der Waals surface area (Å²) >= 11 is 0. The molecular weight excluding hydrogens is 392 g/mol. The summed E-state index contributed by atoms with van der Waals surface area (Å²) in [6.07, 6.45) is 0.203. The van der Waals surface area contributed by atoms with Crippen LogP contribution in [0.4, 0.5) is 13.6 Å². The number of nitrogens with zero attached hydrogens (tertiary/aromatic N) is 2. The molecule has 6 nitrogen and oxygen atoms in total. The Morgan fingerprint density at radius 1 is 1.13 bits per heavy atom. The number of benzene rings is 2. The lowest BCUT2D eigenvalue weighted by Crippen LogP contribution is -2.33. The molecule has 158 valence electrons. The first-order valence-corrected chi connectivity index (χ1v) is 9.58. The molecule has 8 heteroatoms.